The number of hydrogen-bond donors (Lipinski definition) is 1. The molecule has 0 spiro atoms. The molecule has 1 aromatic carbocycles. The van der Waals surface area contributed by atoms with Crippen molar-refractivity contribution >= 4 is 46.7 Å². The Hall–Kier alpha value is -1.37. The third-order valence-electron chi connectivity index (χ3n) is 2.75. The third kappa shape index (κ3) is 6.26. The summed E-state index contributed by atoms with van der Waals surface area (Å²) in [5.74, 6) is -6.54. The highest BCUT2D eigenvalue weighted by atomic mass is 35.6. The maximum Gasteiger partial charge on any atom is 0.381 e. The van der Waals surface area contributed by atoms with Gasteiger partial charge >= 0.3 is 11.9 Å². The Labute approximate surface area is 152 Å². The minimum absolute atomic E-state index is 0.186. The molecule has 0 aromatic heterocycles. The molecule has 132 valence electrons. The van der Waals surface area contributed by atoms with Gasteiger partial charge in [0.25, 0.3) is 9.70 Å². The summed E-state index contributed by atoms with van der Waals surface area (Å²) in [4.78, 5) is 23.0. The number of nitrogens with one attached hydrogen (secondary N) is 1. The second-order valence-electron chi connectivity index (χ2n) is 4.56. The molecule has 0 fully saturated rings. The molecule has 0 saturated carbocycles. The fourth-order valence-electron chi connectivity index (χ4n) is 1.64. The highest BCUT2D eigenvalue weighted by molar-refractivity contribution is 6.76. The Morgan fingerprint density at radius 1 is 1.25 bits per heavy atom. The van der Waals surface area contributed by atoms with Crippen LogP contribution in [0.25, 0.3) is 0 Å². The molecule has 24 heavy (non-hydrogen) atoms. The smallest absolute Gasteiger partial charge is 0.381 e. The molecule has 0 bridgehead atoms. The van der Waals surface area contributed by atoms with Crippen molar-refractivity contribution in [2.75, 3.05) is 6.61 Å². The zero-order chi connectivity index (χ0) is 18.4. The zero-order valence-corrected chi connectivity index (χ0v) is 14.7. The van der Waals surface area contributed by atoms with Crippen LogP contribution in [0.5, 0.6) is 0 Å². The highest BCUT2D eigenvalue weighted by Gasteiger charge is 2.38. The predicted molar refractivity (Wildman–Crippen MR) is 88.3 cm³/mol. The van der Waals surface area contributed by atoms with E-state index in [2.05, 4.69) is 10.1 Å². The molecule has 1 amide bonds. The van der Waals surface area contributed by atoms with Crippen LogP contribution in [0.3, 0.4) is 0 Å². The molecule has 1 aromatic rings. The van der Waals surface area contributed by atoms with Crippen molar-refractivity contribution in [1.82, 2.24) is 5.32 Å². The summed E-state index contributed by atoms with van der Waals surface area (Å²) >= 11 is 16.4. The number of amides is 1. The van der Waals surface area contributed by atoms with E-state index >= 15 is 0 Å². The minimum Gasteiger partial charge on any atom is -0.461 e. The van der Waals surface area contributed by atoms with Crippen LogP contribution in [0.15, 0.2) is 42.5 Å². The van der Waals surface area contributed by atoms with Gasteiger partial charge in [-0.1, -0.05) is 71.2 Å². The van der Waals surface area contributed by atoms with Gasteiger partial charge in [0.2, 0.25) is 0 Å². The second-order valence-corrected chi connectivity index (χ2v) is 6.84. The Morgan fingerprint density at radius 3 is 2.33 bits per heavy atom. The van der Waals surface area contributed by atoms with E-state index in [0.29, 0.717) is 11.6 Å². The first-order valence-electron chi connectivity index (χ1n) is 6.75. The number of benzene rings is 1. The molecule has 9 heteroatoms. The lowest BCUT2D eigenvalue weighted by atomic mass is 10.1. The number of ether oxygens (including phenoxy) is 1. The molecule has 0 heterocycles. The molecule has 1 unspecified atom stereocenters. The average molecular weight is 401 g/mol. The Kier molecular flexibility index (Phi) is 7.45. The summed E-state index contributed by atoms with van der Waals surface area (Å²) in [5.41, 5.74) is 0.455. The van der Waals surface area contributed by atoms with Gasteiger partial charge < -0.3 is 10.1 Å². The number of halogens is 5. The molecule has 0 aliphatic heterocycles. The number of carbonyl (C=O) groups excluding carboxylic acids is 2. The largest absolute Gasteiger partial charge is 0.461 e. The lowest BCUT2D eigenvalue weighted by Gasteiger charge is -2.19. The number of rotatable bonds is 6. The standard InChI is InChI=1S/C15H14Cl3F2NO3/c1-2-24-13(23)14(19,20)9-8-11(10-6-4-3-5-7-10)21-12(22)15(16,17)18/h3-9,11H,2H2,1H3,(H,21,22)/b9-8+. The first kappa shape index (κ1) is 20.7. The quantitative estimate of drug-likeness (QED) is 0.447. The molecule has 0 aliphatic rings. The molecule has 1 atom stereocenters. The summed E-state index contributed by atoms with van der Waals surface area (Å²) in [6.07, 6.45) is 1.27. The SMILES string of the molecule is CCOC(=O)C(F)(F)/C=C/C(NC(=O)C(Cl)(Cl)Cl)c1ccccc1. The van der Waals surface area contributed by atoms with E-state index in [0.717, 1.165) is 6.08 Å². The summed E-state index contributed by atoms with van der Waals surface area (Å²) in [6.45, 7) is 1.22. The number of esters is 1. The Bertz CT molecular complexity index is 604. The van der Waals surface area contributed by atoms with Crippen LogP contribution in [0, 0.1) is 0 Å². The van der Waals surface area contributed by atoms with Crippen LogP contribution in [-0.4, -0.2) is 28.2 Å². The predicted octanol–water partition coefficient (Wildman–Crippen LogP) is 3.97. The summed E-state index contributed by atoms with van der Waals surface area (Å²) < 4.78 is 29.4. The normalized spacial score (nSPS) is 13.6. The van der Waals surface area contributed by atoms with Gasteiger partial charge in [-0.05, 0) is 18.6 Å². The van der Waals surface area contributed by atoms with Crippen molar-refractivity contribution in [3.05, 3.63) is 48.0 Å². The first-order chi connectivity index (χ1) is 11.1. The third-order valence-corrected chi connectivity index (χ3v) is 3.26. The monoisotopic (exact) mass is 399 g/mol. The summed E-state index contributed by atoms with van der Waals surface area (Å²) in [6, 6.07) is 7.11. The maximum absolute atomic E-state index is 13.7. The Morgan fingerprint density at radius 2 is 1.83 bits per heavy atom. The maximum atomic E-state index is 13.7. The van der Waals surface area contributed by atoms with Gasteiger partial charge in [0.15, 0.2) is 0 Å². The van der Waals surface area contributed by atoms with Crippen molar-refractivity contribution < 1.29 is 23.1 Å². The first-order valence-corrected chi connectivity index (χ1v) is 7.88. The van der Waals surface area contributed by atoms with Crippen LogP contribution in [0.4, 0.5) is 8.78 Å². The van der Waals surface area contributed by atoms with Gasteiger partial charge in [-0.25, -0.2) is 4.79 Å². The number of alkyl halides is 5. The van der Waals surface area contributed by atoms with E-state index < -0.39 is 27.6 Å². The lowest BCUT2D eigenvalue weighted by Crippen LogP contribution is -2.37. The van der Waals surface area contributed by atoms with Crippen molar-refractivity contribution in [2.24, 2.45) is 0 Å². The van der Waals surface area contributed by atoms with Crippen molar-refractivity contribution in [3.63, 3.8) is 0 Å². The molecule has 0 saturated heterocycles. The van der Waals surface area contributed by atoms with Crippen LogP contribution in [0.1, 0.15) is 18.5 Å². The number of carbonyl (C=O) groups is 2. The van der Waals surface area contributed by atoms with E-state index in [-0.39, 0.29) is 6.61 Å². The van der Waals surface area contributed by atoms with Gasteiger partial charge in [-0.2, -0.15) is 8.78 Å². The lowest BCUT2D eigenvalue weighted by molar-refractivity contribution is -0.164. The molecule has 0 aliphatic carbocycles. The molecular formula is C15H14Cl3F2NO3. The Balaban J connectivity index is 3.04. The van der Waals surface area contributed by atoms with E-state index in [1.807, 2.05) is 0 Å². The minimum atomic E-state index is -3.85. The van der Waals surface area contributed by atoms with Crippen molar-refractivity contribution in [1.29, 1.82) is 0 Å². The van der Waals surface area contributed by atoms with Crippen LogP contribution >= 0.6 is 34.8 Å². The zero-order valence-electron chi connectivity index (χ0n) is 12.4. The van der Waals surface area contributed by atoms with E-state index in [1.54, 1.807) is 30.3 Å². The topological polar surface area (TPSA) is 55.4 Å². The average Bonchev–Trinajstić information content (AvgIpc) is 2.51. The van der Waals surface area contributed by atoms with E-state index in [9.17, 15) is 18.4 Å². The van der Waals surface area contributed by atoms with Gasteiger partial charge in [0.05, 0.1) is 12.6 Å². The molecule has 0 radical (unpaired) electrons. The summed E-state index contributed by atoms with van der Waals surface area (Å²) in [7, 11) is 0. The fourth-order valence-corrected chi connectivity index (χ4v) is 1.80. The van der Waals surface area contributed by atoms with Gasteiger partial charge in [0, 0.05) is 0 Å². The van der Waals surface area contributed by atoms with Gasteiger partial charge in [-0.3, -0.25) is 4.79 Å². The van der Waals surface area contributed by atoms with Gasteiger partial charge in [-0.15, -0.1) is 0 Å². The van der Waals surface area contributed by atoms with E-state index in [1.165, 1.54) is 6.92 Å². The molecule has 4 nitrogen and oxygen atoms in total. The fraction of sp³-hybridized carbons (Fsp3) is 0.333. The second kappa shape index (κ2) is 8.65. The molecule has 1 rings (SSSR count). The highest BCUT2D eigenvalue weighted by Crippen LogP contribution is 2.28. The van der Waals surface area contributed by atoms with Crippen LogP contribution in [0.2, 0.25) is 0 Å². The van der Waals surface area contributed by atoms with Gasteiger partial charge in [0.1, 0.15) is 0 Å². The van der Waals surface area contributed by atoms with Crippen molar-refractivity contribution in [3.8, 4) is 0 Å². The molecular weight excluding hydrogens is 387 g/mol. The van der Waals surface area contributed by atoms with E-state index in [4.69, 9.17) is 34.8 Å². The molecule has 1 N–H and O–H groups in total. The van der Waals surface area contributed by atoms with Crippen LogP contribution < -0.4 is 5.32 Å². The van der Waals surface area contributed by atoms with Crippen molar-refractivity contribution in [2.45, 2.75) is 22.7 Å². The van der Waals surface area contributed by atoms with Crippen LogP contribution in [-0.2, 0) is 14.3 Å². The number of hydrogen-bond acceptors (Lipinski definition) is 3. The summed E-state index contributed by atoms with van der Waals surface area (Å²) in [5, 5.41) is 2.31.